The second-order valence-electron chi connectivity index (χ2n) is 16.8. The predicted molar refractivity (Wildman–Crippen MR) is 261 cm³/mol. The van der Waals surface area contributed by atoms with E-state index in [0.29, 0.717) is 45.1 Å². The highest BCUT2D eigenvalue weighted by molar-refractivity contribution is 6.13. The standard InChI is InChI=1S/C59H31F6N5/c60-58(61,62)42-25-26-43(49(31-42)59(63,64)65)46-10-6-14-55(70-51-12-4-2-9-45(51)48-30-40(24-28-53(48)70)38-21-17-36(33-67)18-22-38)57(46)56-41(34-68)7-5-13-54(56)69-50-11-3-1-8-44(50)47-29-39(23-27-52(47)69)37-19-15-35(32-66)16-20-37/h1-31H. The number of rotatable bonds is 6. The summed E-state index contributed by atoms with van der Waals surface area (Å²) in [4.78, 5) is 0. The van der Waals surface area contributed by atoms with Crippen molar-refractivity contribution in [3.63, 3.8) is 0 Å². The van der Waals surface area contributed by atoms with Gasteiger partial charge in [0.05, 0.1) is 79.5 Å². The van der Waals surface area contributed by atoms with E-state index in [9.17, 15) is 29.0 Å². The lowest BCUT2D eigenvalue weighted by Crippen LogP contribution is -2.13. The molecule has 0 radical (unpaired) electrons. The van der Waals surface area contributed by atoms with Crippen molar-refractivity contribution < 1.29 is 26.3 Å². The molecular weight excluding hydrogens is 893 g/mol. The normalized spacial score (nSPS) is 11.8. The number of para-hydroxylation sites is 2. The third kappa shape index (κ3) is 7.10. The zero-order valence-electron chi connectivity index (χ0n) is 36.4. The van der Waals surface area contributed by atoms with Crippen LogP contribution in [0.2, 0.25) is 0 Å². The quantitative estimate of drug-likeness (QED) is 0.156. The summed E-state index contributed by atoms with van der Waals surface area (Å²) >= 11 is 0. The Morgan fingerprint density at radius 2 is 0.829 bits per heavy atom. The zero-order valence-corrected chi connectivity index (χ0v) is 36.4. The van der Waals surface area contributed by atoms with Gasteiger partial charge in [0, 0.05) is 32.7 Å². The second-order valence-corrected chi connectivity index (χ2v) is 16.8. The van der Waals surface area contributed by atoms with E-state index in [-0.39, 0.29) is 28.3 Å². The molecule has 9 aromatic carbocycles. The summed E-state index contributed by atoms with van der Waals surface area (Å²) in [6.45, 7) is 0. The molecule has 2 heterocycles. The van der Waals surface area contributed by atoms with E-state index < -0.39 is 29.0 Å². The smallest absolute Gasteiger partial charge is 0.309 e. The molecule has 0 saturated heterocycles. The topological polar surface area (TPSA) is 81.2 Å². The van der Waals surface area contributed by atoms with E-state index in [2.05, 4.69) is 18.2 Å². The molecule has 5 nitrogen and oxygen atoms in total. The number of hydrogen-bond acceptors (Lipinski definition) is 3. The van der Waals surface area contributed by atoms with Crippen LogP contribution in [0.3, 0.4) is 0 Å². The van der Waals surface area contributed by atoms with Gasteiger partial charge in [-0.15, -0.1) is 0 Å². The van der Waals surface area contributed by atoms with Gasteiger partial charge in [0.1, 0.15) is 0 Å². The molecule has 0 N–H and O–H groups in total. The number of hydrogen-bond donors (Lipinski definition) is 0. The third-order valence-electron chi connectivity index (χ3n) is 12.9. The van der Waals surface area contributed by atoms with Crippen LogP contribution in [-0.4, -0.2) is 9.13 Å². The molecule has 2 aromatic heterocycles. The molecule has 0 unspecified atom stereocenters. The lowest BCUT2D eigenvalue weighted by molar-refractivity contribution is -0.142. The Morgan fingerprint density at radius 1 is 0.357 bits per heavy atom. The van der Waals surface area contributed by atoms with Gasteiger partial charge in [-0.25, -0.2) is 0 Å². The lowest BCUT2D eigenvalue weighted by atomic mass is 9.86. The monoisotopic (exact) mass is 923 g/mol. The first-order chi connectivity index (χ1) is 33.9. The fourth-order valence-electron chi connectivity index (χ4n) is 9.78. The van der Waals surface area contributed by atoms with Crippen LogP contribution in [0, 0.1) is 34.0 Å². The summed E-state index contributed by atoms with van der Waals surface area (Å²) in [6, 6.07) is 59.5. The molecule has 11 aromatic rings. The van der Waals surface area contributed by atoms with Gasteiger partial charge >= 0.3 is 12.4 Å². The van der Waals surface area contributed by atoms with Crippen LogP contribution in [0.1, 0.15) is 27.8 Å². The van der Waals surface area contributed by atoms with Crippen molar-refractivity contribution in [2.45, 2.75) is 12.4 Å². The van der Waals surface area contributed by atoms with Gasteiger partial charge in [0.25, 0.3) is 0 Å². The first-order valence-corrected chi connectivity index (χ1v) is 21.9. The second kappa shape index (κ2) is 16.4. The highest BCUT2D eigenvalue weighted by atomic mass is 19.4. The predicted octanol–water partition coefficient (Wildman–Crippen LogP) is 16.2. The van der Waals surface area contributed by atoms with Crippen LogP contribution in [0.15, 0.2) is 188 Å². The molecular formula is C59H31F6N5. The van der Waals surface area contributed by atoms with Crippen molar-refractivity contribution >= 4 is 43.6 Å². The van der Waals surface area contributed by atoms with Crippen molar-refractivity contribution in [1.29, 1.82) is 15.8 Å². The Hall–Kier alpha value is -9.37. The molecule has 11 heteroatoms. The van der Waals surface area contributed by atoms with Gasteiger partial charge in [-0.2, -0.15) is 42.1 Å². The van der Waals surface area contributed by atoms with E-state index >= 15 is 13.2 Å². The molecule has 0 saturated carbocycles. The van der Waals surface area contributed by atoms with Gasteiger partial charge in [-0.05, 0) is 124 Å². The van der Waals surface area contributed by atoms with E-state index in [4.69, 9.17) is 0 Å². The third-order valence-corrected chi connectivity index (χ3v) is 12.9. The maximum Gasteiger partial charge on any atom is 0.417 e. The molecule has 0 spiro atoms. The van der Waals surface area contributed by atoms with E-state index in [1.54, 1.807) is 54.6 Å². The summed E-state index contributed by atoms with van der Waals surface area (Å²) in [6.07, 6.45) is -10.3. The Bertz CT molecular complexity index is 4060. The summed E-state index contributed by atoms with van der Waals surface area (Å²) in [5, 5.41) is 33.3. The van der Waals surface area contributed by atoms with Crippen molar-refractivity contribution in [2.24, 2.45) is 0 Å². The average Bonchev–Trinajstić information content (AvgIpc) is 3.89. The van der Waals surface area contributed by atoms with Crippen molar-refractivity contribution in [2.75, 3.05) is 0 Å². The maximum atomic E-state index is 15.4. The number of benzene rings is 9. The van der Waals surface area contributed by atoms with Crippen molar-refractivity contribution in [1.82, 2.24) is 9.13 Å². The largest absolute Gasteiger partial charge is 0.417 e. The Morgan fingerprint density at radius 3 is 1.31 bits per heavy atom. The van der Waals surface area contributed by atoms with E-state index in [1.807, 2.05) is 118 Å². The Labute approximate surface area is 395 Å². The van der Waals surface area contributed by atoms with Crippen LogP contribution in [0.25, 0.3) is 99.5 Å². The molecule has 0 aliphatic carbocycles. The highest BCUT2D eigenvalue weighted by Gasteiger charge is 2.39. The molecule has 334 valence electrons. The molecule has 0 amide bonds. The lowest BCUT2D eigenvalue weighted by Gasteiger charge is -2.24. The van der Waals surface area contributed by atoms with Crippen LogP contribution in [-0.2, 0) is 12.4 Å². The molecule has 0 aliphatic rings. The summed E-state index contributed by atoms with van der Waals surface area (Å²) < 4.78 is 92.7. The summed E-state index contributed by atoms with van der Waals surface area (Å²) in [5.74, 6) is 0. The van der Waals surface area contributed by atoms with Gasteiger partial charge in [0.15, 0.2) is 0 Å². The number of fused-ring (bicyclic) bond motifs is 6. The maximum absolute atomic E-state index is 15.4. The highest BCUT2D eigenvalue weighted by Crippen LogP contribution is 2.49. The molecule has 0 aliphatic heterocycles. The van der Waals surface area contributed by atoms with Crippen molar-refractivity contribution in [3.8, 4) is 74.1 Å². The van der Waals surface area contributed by atoms with Gasteiger partial charge in [-0.3, -0.25) is 0 Å². The molecule has 11 rings (SSSR count). The minimum atomic E-state index is -5.23. The van der Waals surface area contributed by atoms with Gasteiger partial charge in [0.2, 0.25) is 0 Å². The Balaban J connectivity index is 1.26. The molecule has 0 bridgehead atoms. The van der Waals surface area contributed by atoms with Crippen LogP contribution in [0.4, 0.5) is 26.3 Å². The van der Waals surface area contributed by atoms with Crippen LogP contribution < -0.4 is 0 Å². The minimum Gasteiger partial charge on any atom is -0.309 e. The van der Waals surface area contributed by atoms with Crippen LogP contribution >= 0.6 is 0 Å². The Kier molecular flexibility index (Phi) is 10.2. The molecule has 70 heavy (non-hydrogen) atoms. The van der Waals surface area contributed by atoms with E-state index in [1.165, 1.54) is 6.07 Å². The minimum absolute atomic E-state index is 0.0495. The summed E-state index contributed by atoms with van der Waals surface area (Å²) in [5.41, 5.74) is 5.10. The first kappa shape index (κ1) is 43.2. The SMILES string of the molecule is N#Cc1ccc(-c2ccc3c(c2)c2ccccc2n3-c2cccc(C#N)c2-c2c(-c3ccc(C(F)(F)F)cc3C(F)(F)F)cccc2-n2c3ccccc3c3cc(-c4ccc(C#N)cc4)ccc32)cc1. The first-order valence-electron chi connectivity index (χ1n) is 21.9. The number of nitrogens with zero attached hydrogens (tertiary/aromatic N) is 5. The number of nitriles is 3. The van der Waals surface area contributed by atoms with E-state index in [0.717, 1.165) is 55.4 Å². The fraction of sp³-hybridized carbons (Fsp3) is 0.0339. The average molecular weight is 924 g/mol. The van der Waals surface area contributed by atoms with Crippen molar-refractivity contribution in [3.05, 3.63) is 216 Å². The number of aromatic nitrogens is 2. The summed E-state index contributed by atoms with van der Waals surface area (Å²) in [7, 11) is 0. The zero-order chi connectivity index (χ0) is 48.5. The molecule has 0 atom stereocenters. The number of alkyl halides is 6. The number of halogens is 6. The van der Waals surface area contributed by atoms with Crippen LogP contribution in [0.5, 0.6) is 0 Å². The van der Waals surface area contributed by atoms with Gasteiger partial charge in [-0.1, -0.05) is 97.1 Å². The molecule has 0 fully saturated rings. The van der Waals surface area contributed by atoms with Gasteiger partial charge < -0.3 is 9.13 Å². The fourth-order valence-corrected chi connectivity index (χ4v) is 9.78.